The Balaban J connectivity index is 2.20. The summed E-state index contributed by atoms with van der Waals surface area (Å²) in [5.74, 6) is -1.01. The van der Waals surface area contributed by atoms with E-state index in [1.54, 1.807) is 13.0 Å². The molecule has 2 aromatic carbocycles. The lowest BCUT2D eigenvalue weighted by atomic mass is 10.1. The van der Waals surface area contributed by atoms with Gasteiger partial charge in [0, 0.05) is 17.9 Å². The number of aryl methyl sites for hydroxylation is 2. The zero-order valence-electron chi connectivity index (χ0n) is 11.6. The molecule has 4 nitrogen and oxygen atoms in total. The van der Waals surface area contributed by atoms with Crippen LogP contribution in [0.2, 0.25) is 0 Å². The van der Waals surface area contributed by atoms with Gasteiger partial charge in [-0.05, 0) is 37.1 Å². The third-order valence-electron chi connectivity index (χ3n) is 3.20. The molecule has 0 saturated heterocycles. The van der Waals surface area contributed by atoms with Gasteiger partial charge in [0.1, 0.15) is 0 Å². The number of hydrogen-bond acceptors (Lipinski definition) is 3. The van der Waals surface area contributed by atoms with Crippen LogP contribution >= 0.6 is 0 Å². The second-order valence-electron chi connectivity index (χ2n) is 4.90. The van der Waals surface area contributed by atoms with Crippen molar-refractivity contribution >= 4 is 17.3 Å². The van der Waals surface area contributed by atoms with Gasteiger partial charge < -0.3 is 16.2 Å². The van der Waals surface area contributed by atoms with Crippen LogP contribution in [0.4, 0.5) is 11.4 Å². The van der Waals surface area contributed by atoms with Crippen LogP contribution in [0, 0.1) is 13.8 Å². The van der Waals surface area contributed by atoms with E-state index in [2.05, 4.69) is 11.4 Å². The summed E-state index contributed by atoms with van der Waals surface area (Å²) in [6.07, 6.45) is 0. The van der Waals surface area contributed by atoms with Gasteiger partial charge in [-0.2, -0.15) is 0 Å². The van der Waals surface area contributed by atoms with Crippen molar-refractivity contribution in [2.24, 2.45) is 0 Å². The van der Waals surface area contributed by atoms with Gasteiger partial charge in [-0.15, -0.1) is 0 Å². The quantitative estimate of drug-likeness (QED) is 0.746. The van der Waals surface area contributed by atoms with E-state index in [-0.39, 0.29) is 5.56 Å². The lowest BCUT2D eigenvalue weighted by molar-refractivity contribution is 0.0698. The summed E-state index contributed by atoms with van der Waals surface area (Å²) in [5.41, 5.74) is 10.1. The maximum absolute atomic E-state index is 11.1. The third kappa shape index (κ3) is 3.09. The molecule has 0 spiro atoms. The molecular formula is C16H18N2O2. The van der Waals surface area contributed by atoms with E-state index in [1.807, 2.05) is 31.2 Å². The first-order chi connectivity index (χ1) is 9.47. The minimum Gasteiger partial charge on any atom is -0.478 e. The molecule has 0 atom stereocenters. The van der Waals surface area contributed by atoms with Gasteiger partial charge in [0.25, 0.3) is 0 Å². The minimum atomic E-state index is -1.01. The third-order valence-corrected chi connectivity index (χ3v) is 3.20. The molecule has 0 aliphatic carbocycles. The SMILES string of the molecule is Cc1cccc(CNc2cc(C)c(N)c(C(=O)O)c2)c1. The average Bonchev–Trinajstić information content (AvgIpc) is 2.39. The highest BCUT2D eigenvalue weighted by Gasteiger charge is 2.11. The Morgan fingerprint density at radius 2 is 2.00 bits per heavy atom. The predicted molar refractivity (Wildman–Crippen MR) is 81.1 cm³/mol. The van der Waals surface area contributed by atoms with E-state index < -0.39 is 5.97 Å². The first-order valence-corrected chi connectivity index (χ1v) is 6.40. The van der Waals surface area contributed by atoms with Crippen LogP contribution in [0.25, 0.3) is 0 Å². The van der Waals surface area contributed by atoms with Crippen molar-refractivity contribution in [1.29, 1.82) is 0 Å². The number of carboxylic acids is 1. The number of nitrogens with two attached hydrogens (primary N) is 1. The second-order valence-corrected chi connectivity index (χ2v) is 4.90. The van der Waals surface area contributed by atoms with Crippen molar-refractivity contribution in [1.82, 2.24) is 0 Å². The molecule has 0 aliphatic rings. The van der Waals surface area contributed by atoms with Gasteiger partial charge in [-0.1, -0.05) is 29.8 Å². The summed E-state index contributed by atoms with van der Waals surface area (Å²) in [6, 6.07) is 11.6. The van der Waals surface area contributed by atoms with Gasteiger partial charge in [0.05, 0.1) is 5.56 Å². The largest absolute Gasteiger partial charge is 0.478 e. The molecule has 4 heteroatoms. The van der Waals surface area contributed by atoms with Crippen molar-refractivity contribution < 1.29 is 9.90 Å². The van der Waals surface area contributed by atoms with Crippen LogP contribution < -0.4 is 11.1 Å². The molecule has 0 unspecified atom stereocenters. The summed E-state index contributed by atoms with van der Waals surface area (Å²) >= 11 is 0. The van der Waals surface area contributed by atoms with Crippen LogP contribution in [0.3, 0.4) is 0 Å². The molecule has 0 aliphatic heterocycles. The Hall–Kier alpha value is -2.49. The van der Waals surface area contributed by atoms with E-state index in [4.69, 9.17) is 10.8 Å². The van der Waals surface area contributed by atoms with Gasteiger partial charge in [-0.25, -0.2) is 4.79 Å². The zero-order chi connectivity index (χ0) is 14.7. The van der Waals surface area contributed by atoms with Crippen molar-refractivity contribution in [3.05, 3.63) is 58.7 Å². The Bertz CT molecular complexity index is 651. The molecule has 2 rings (SSSR count). The fourth-order valence-electron chi connectivity index (χ4n) is 2.10. The first kappa shape index (κ1) is 13.9. The van der Waals surface area contributed by atoms with Gasteiger partial charge in [0.15, 0.2) is 0 Å². The highest BCUT2D eigenvalue weighted by atomic mass is 16.4. The van der Waals surface area contributed by atoms with E-state index >= 15 is 0 Å². The van der Waals surface area contributed by atoms with Crippen molar-refractivity contribution in [3.8, 4) is 0 Å². The van der Waals surface area contributed by atoms with E-state index in [0.29, 0.717) is 12.2 Å². The number of carbonyl (C=O) groups is 1. The number of rotatable bonds is 4. The van der Waals surface area contributed by atoms with E-state index in [9.17, 15) is 4.79 Å². The van der Waals surface area contributed by atoms with Crippen molar-refractivity contribution in [2.45, 2.75) is 20.4 Å². The van der Waals surface area contributed by atoms with Crippen LogP contribution in [0.15, 0.2) is 36.4 Å². The minimum absolute atomic E-state index is 0.136. The van der Waals surface area contributed by atoms with Crippen LogP contribution in [-0.2, 0) is 6.54 Å². The number of aromatic carboxylic acids is 1. The van der Waals surface area contributed by atoms with Gasteiger partial charge >= 0.3 is 5.97 Å². The predicted octanol–water partition coefficient (Wildman–Crippen LogP) is 3.20. The Kier molecular flexibility index (Phi) is 3.94. The number of benzene rings is 2. The Morgan fingerprint density at radius 3 is 2.65 bits per heavy atom. The standard InChI is InChI=1S/C16H18N2O2/c1-10-4-3-5-12(6-10)9-18-13-7-11(2)15(17)14(8-13)16(19)20/h3-8,18H,9,17H2,1-2H3,(H,19,20). The summed E-state index contributed by atoms with van der Waals surface area (Å²) < 4.78 is 0. The molecule has 0 bridgehead atoms. The van der Waals surface area contributed by atoms with E-state index in [0.717, 1.165) is 16.8 Å². The average molecular weight is 270 g/mol. The summed E-state index contributed by atoms with van der Waals surface area (Å²) in [6.45, 7) is 4.49. The maximum atomic E-state index is 11.1. The summed E-state index contributed by atoms with van der Waals surface area (Å²) in [5, 5.41) is 12.4. The van der Waals surface area contributed by atoms with Crippen LogP contribution in [-0.4, -0.2) is 11.1 Å². The summed E-state index contributed by atoms with van der Waals surface area (Å²) in [4.78, 5) is 11.1. The zero-order valence-corrected chi connectivity index (χ0v) is 11.6. The lowest BCUT2D eigenvalue weighted by Gasteiger charge is -2.11. The smallest absolute Gasteiger partial charge is 0.337 e. The number of nitrogen functional groups attached to an aromatic ring is 1. The monoisotopic (exact) mass is 270 g/mol. The molecule has 20 heavy (non-hydrogen) atoms. The fourth-order valence-corrected chi connectivity index (χ4v) is 2.10. The van der Waals surface area contributed by atoms with Gasteiger partial charge in [-0.3, -0.25) is 0 Å². The highest BCUT2D eigenvalue weighted by Crippen LogP contribution is 2.23. The number of anilines is 2. The molecule has 4 N–H and O–H groups in total. The second kappa shape index (κ2) is 5.65. The Labute approximate surface area is 118 Å². The Morgan fingerprint density at radius 1 is 1.25 bits per heavy atom. The molecule has 104 valence electrons. The number of carboxylic acid groups (broad SMARTS) is 1. The molecule has 0 fully saturated rings. The van der Waals surface area contributed by atoms with Crippen LogP contribution in [0.1, 0.15) is 27.0 Å². The topological polar surface area (TPSA) is 75.3 Å². The highest BCUT2D eigenvalue weighted by molar-refractivity contribution is 5.95. The fraction of sp³-hybridized carbons (Fsp3) is 0.188. The van der Waals surface area contributed by atoms with Crippen molar-refractivity contribution in [2.75, 3.05) is 11.1 Å². The number of nitrogens with one attached hydrogen (secondary N) is 1. The molecule has 0 radical (unpaired) electrons. The molecular weight excluding hydrogens is 252 g/mol. The van der Waals surface area contributed by atoms with Crippen LogP contribution in [0.5, 0.6) is 0 Å². The molecule has 0 aromatic heterocycles. The van der Waals surface area contributed by atoms with Gasteiger partial charge in [0.2, 0.25) is 0 Å². The molecule has 0 amide bonds. The maximum Gasteiger partial charge on any atom is 0.337 e. The van der Waals surface area contributed by atoms with Crippen molar-refractivity contribution in [3.63, 3.8) is 0 Å². The first-order valence-electron chi connectivity index (χ1n) is 6.40. The normalized spacial score (nSPS) is 10.3. The molecule has 2 aromatic rings. The molecule has 0 heterocycles. The summed E-state index contributed by atoms with van der Waals surface area (Å²) in [7, 11) is 0. The molecule has 0 saturated carbocycles. The lowest BCUT2D eigenvalue weighted by Crippen LogP contribution is -2.07. The van der Waals surface area contributed by atoms with E-state index in [1.165, 1.54) is 5.56 Å². The number of hydrogen-bond donors (Lipinski definition) is 3.